The Balaban J connectivity index is 1.88. The van der Waals surface area contributed by atoms with Crippen LogP contribution in [0.1, 0.15) is 24.4 Å². The number of hydrogen-bond donors (Lipinski definition) is 1. The van der Waals surface area contributed by atoms with Gasteiger partial charge in [0.25, 0.3) is 0 Å². The molecule has 110 valence electrons. The average molecular weight is 324 g/mol. The Morgan fingerprint density at radius 1 is 1.38 bits per heavy atom. The lowest BCUT2D eigenvalue weighted by Gasteiger charge is -2.33. The van der Waals surface area contributed by atoms with E-state index in [9.17, 15) is 14.7 Å². The van der Waals surface area contributed by atoms with E-state index < -0.39 is 12.0 Å². The molecule has 1 N–H and O–H groups in total. The summed E-state index contributed by atoms with van der Waals surface area (Å²) in [4.78, 5) is 26.2. The van der Waals surface area contributed by atoms with Crippen molar-refractivity contribution in [1.82, 2.24) is 4.90 Å². The van der Waals surface area contributed by atoms with Gasteiger partial charge in [0.05, 0.1) is 0 Å². The molecule has 4 nitrogen and oxygen atoms in total. The summed E-state index contributed by atoms with van der Waals surface area (Å²) in [5.41, 5.74) is 1.67. The van der Waals surface area contributed by atoms with Gasteiger partial charge < -0.3 is 5.11 Å². The zero-order valence-corrected chi connectivity index (χ0v) is 12.8. The zero-order chi connectivity index (χ0) is 15.0. The molecule has 0 aliphatic carbocycles. The third-order valence-corrected chi connectivity index (χ3v) is 5.26. The van der Waals surface area contributed by atoms with Crippen LogP contribution in [0.25, 0.3) is 0 Å². The lowest BCUT2D eigenvalue weighted by atomic mass is 10.0. The summed E-state index contributed by atoms with van der Waals surface area (Å²) >= 11 is 7.47. The van der Waals surface area contributed by atoms with E-state index in [0.29, 0.717) is 30.1 Å². The SMILES string of the molecule is O=C1CC2=C(CCN([C@H](C(=O)O)c3ccccc3Cl)C2)S1. The number of carbonyl (C=O) groups is 2. The van der Waals surface area contributed by atoms with Crippen LogP contribution in [0.5, 0.6) is 0 Å². The van der Waals surface area contributed by atoms with Gasteiger partial charge in [0.2, 0.25) is 0 Å². The maximum absolute atomic E-state index is 11.7. The van der Waals surface area contributed by atoms with Gasteiger partial charge in [0.15, 0.2) is 5.12 Å². The quantitative estimate of drug-likeness (QED) is 0.926. The van der Waals surface area contributed by atoms with Crippen LogP contribution in [-0.4, -0.2) is 34.2 Å². The molecule has 0 saturated carbocycles. The third-order valence-electron chi connectivity index (χ3n) is 3.81. The van der Waals surface area contributed by atoms with Gasteiger partial charge in [-0.1, -0.05) is 41.6 Å². The molecule has 0 bridgehead atoms. The fraction of sp³-hybridized carbons (Fsp3) is 0.333. The molecule has 1 aromatic carbocycles. The van der Waals surface area contributed by atoms with Crippen molar-refractivity contribution in [3.63, 3.8) is 0 Å². The Hall–Kier alpha value is -1.30. The minimum absolute atomic E-state index is 0.159. The number of carboxylic acids is 1. The summed E-state index contributed by atoms with van der Waals surface area (Å²) in [6, 6.07) is 6.26. The Labute approximate surface area is 131 Å². The molecule has 0 spiro atoms. The molecule has 0 amide bonds. The fourth-order valence-corrected chi connectivity index (χ4v) is 4.10. The minimum atomic E-state index is -0.913. The average Bonchev–Trinajstić information content (AvgIpc) is 2.80. The van der Waals surface area contributed by atoms with E-state index in [2.05, 4.69) is 0 Å². The molecule has 2 aliphatic rings. The van der Waals surface area contributed by atoms with E-state index in [-0.39, 0.29) is 5.12 Å². The number of thioether (sulfide) groups is 1. The molecule has 1 aromatic rings. The topological polar surface area (TPSA) is 57.6 Å². The predicted octanol–water partition coefficient (Wildman–Crippen LogP) is 3.09. The molecular formula is C15H14ClNO3S. The second-order valence-electron chi connectivity index (χ2n) is 5.16. The highest BCUT2D eigenvalue weighted by Gasteiger charge is 2.35. The van der Waals surface area contributed by atoms with Crippen LogP contribution in [0.3, 0.4) is 0 Å². The number of halogens is 1. The van der Waals surface area contributed by atoms with Gasteiger partial charge in [-0.3, -0.25) is 14.5 Å². The molecule has 21 heavy (non-hydrogen) atoms. The molecule has 0 saturated heterocycles. The van der Waals surface area contributed by atoms with Crippen molar-refractivity contribution in [2.24, 2.45) is 0 Å². The Bertz CT molecular complexity index is 644. The monoisotopic (exact) mass is 323 g/mol. The van der Waals surface area contributed by atoms with E-state index >= 15 is 0 Å². The van der Waals surface area contributed by atoms with Gasteiger partial charge in [-0.2, -0.15) is 0 Å². The molecule has 0 unspecified atom stereocenters. The first kappa shape index (κ1) is 14.6. The highest BCUT2D eigenvalue weighted by molar-refractivity contribution is 8.17. The van der Waals surface area contributed by atoms with Crippen LogP contribution in [-0.2, 0) is 9.59 Å². The van der Waals surface area contributed by atoms with E-state index in [4.69, 9.17) is 11.6 Å². The number of rotatable bonds is 3. The predicted molar refractivity (Wildman–Crippen MR) is 82.3 cm³/mol. The number of carboxylic acid groups (broad SMARTS) is 1. The van der Waals surface area contributed by atoms with Crippen LogP contribution < -0.4 is 0 Å². The van der Waals surface area contributed by atoms with Crippen molar-refractivity contribution >= 4 is 34.4 Å². The third kappa shape index (κ3) is 2.86. The van der Waals surface area contributed by atoms with Crippen LogP contribution in [0.15, 0.2) is 34.7 Å². The normalized spacial score (nSPS) is 20.5. The summed E-state index contributed by atoms with van der Waals surface area (Å²) in [7, 11) is 0. The summed E-state index contributed by atoms with van der Waals surface area (Å²) < 4.78 is 0. The van der Waals surface area contributed by atoms with E-state index in [0.717, 1.165) is 16.9 Å². The molecule has 0 fully saturated rings. The van der Waals surface area contributed by atoms with Crippen molar-refractivity contribution in [3.8, 4) is 0 Å². The smallest absolute Gasteiger partial charge is 0.325 e. The van der Waals surface area contributed by atoms with Crippen molar-refractivity contribution in [3.05, 3.63) is 45.3 Å². The van der Waals surface area contributed by atoms with E-state index in [1.54, 1.807) is 24.3 Å². The van der Waals surface area contributed by atoms with Crippen LogP contribution in [0.2, 0.25) is 5.02 Å². The van der Waals surface area contributed by atoms with Crippen LogP contribution in [0, 0.1) is 0 Å². The summed E-state index contributed by atoms with van der Waals surface area (Å²) in [6.45, 7) is 1.15. The number of aliphatic carboxylic acids is 1. The summed E-state index contributed by atoms with van der Waals surface area (Å²) in [5, 5.41) is 10.2. The number of hydrogen-bond acceptors (Lipinski definition) is 4. The van der Waals surface area contributed by atoms with E-state index in [1.807, 2.05) is 4.90 Å². The number of nitrogens with zero attached hydrogens (tertiary/aromatic N) is 1. The zero-order valence-electron chi connectivity index (χ0n) is 11.2. The van der Waals surface area contributed by atoms with Gasteiger partial charge >= 0.3 is 5.97 Å². The van der Waals surface area contributed by atoms with Gasteiger partial charge in [-0.15, -0.1) is 0 Å². The number of benzene rings is 1. The second-order valence-corrected chi connectivity index (χ2v) is 6.72. The lowest BCUT2D eigenvalue weighted by Crippen LogP contribution is -2.38. The van der Waals surface area contributed by atoms with Gasteiger partial charge in [0, 0.05) is 24.5 Å². The largest absolute Gasteiger partial charge is 0.480 e. The standard InChI is InChI=1S/C15H14ClNO3S/c16-11-4-2-1-3-10(11)14(15(19)20)17-6-5-12-9(8-17)7-13(18)21-12/h1-4,14H,5-8H2,(H,19,20)/t14-/m0/s1. The van der Waals surface area contributed by atoms with Gasteiger partial charge in [-0.25, -0.2) is 0 Å². The highest BCUT2D eigenvalue weighted by Crippen LogP contribution is 2.40. The van der Waals surface area contributed by atoms with E-state index in [1.165, 1.54) is 11.8 Å². The lowest BCUT2D eigenvalue weighted by molar-refractivity contribution is -0.143. The van der Waals surface area contributed by atoms with Crippen LogP contribution >= 0.6 is 23.4 Å². The van der Waals surface area contributed by atoms with Crippen molar-refractivity contribution in [2.75, 3.05) is 13.1 Å². The summed E-state index contributed by atoms with van der Waals surface area (Å²) in [5.74, 6) is -0.913. The van der Waals surface area contributed by atoms with Crippen molar-refractivity contribution in [1.29, 1.82) is 0 Å². The maximum atomic E-state index is 11.7. The molecule has 6 heteroatoms. The minimum Gasteiger partial charge on any atom is -0.480 e. The fourth-order valence-electron chi connectivity index (χ4n) is 2.86. The molecule has 2 heterocycles. The first-order valence-electron chi connectivity index (χ1n) is 6.69. The summed E-state index contributed by atoms with van der Waals surface area (Å²) in [6.07, 6.45) is 1.17. The Kier molecular flexibility index (Phi) is 4.06. The maximum Gasteiger partial charge on any atom is 0.325 e. The van der Waals surface area contributed by atoms with Crippen molar-refractivity contribution in [2.45, 2.75) is 18.9 Å². The molecular weight excluding hydrogens is 310 g/mol. The van der Waals surface area contributed by atoms with Gasteiger partial charge in [0.1, 0.15) is 6.04 Å². The highest BCUT2D eigenvalue weighted by atomic mass is 35.5. The second kappa shape index (κ2) is 5.83. The molecule has 0 radical (unpaired) electrons. The first-order chi connectivity index (χ1) is 10.1. The molecule has 2 aliphatic heterocycles. The Morgan fingerprint density at radius 3 is 2.86 bits per heavy atom. The molecule has 0 aromatic heterocycles. The molecule has 1 atom stereocenters. The first-order valence-corrected chi connectivity index (χ1v) is 7.88. The van der Waals surface area contributed by atoms with Crippen molar-refractivity contribution < 1.29 is 14.7 Å². The Morgan fingerprint density at radius 2 is 2.14 bits per heavy atom. The van der Waals surface area contributed by atoms with Crippen LogP contribution in [0.4, 0.5) is 0 Å². The van der Waals surface area contributed by atoms with Gasteiger partial charge in [-0.05, 0) is 28.5 Å². The number of carbonyl (C=O) groups excluding carboxylic acids is 1. The molecule has 3 rings (SSSR count).